The molecule has 0 N–H and O–H groups in total. The van der Waals surface area contributed by atoms with Gasteiger partial charge in [-0.3, -0.25) is 0 Å². The molecule has 0 spiro atoms. The van der Waals surface area contributed by atoms with Crippen molar-refractivity contribution in [2.45, 2.75) is 3.79 Å². The van der Waals surface area contributed by atoms with Crippen molar-refractivity contribution in [3.63, 3.8) is 0 Å². The fraction of sp³-hybridized carbons (Fsp3) is 0.0714. The van der Waals surface area contributed by atoms with Gasteiger partial charge < -0.3 is 0 Å². The van der Waals surface area contributed by atoms with Gasteiger partial charge in [0.05, 0.1) is 0 Å². The van der Waals surface area contributed by atoms with Crippen molar-refractivity contribution >= 4 is 64.2 Å². The van der Waals surface area contributed by atoms with Gasteiger partial charge in [0.25, 0.3) is 0 Å². The van der Waals surface area contributed by atoms with Gasteiger partial charge in [-0.05, 0) is 0 Å². The number of hydrogen-bond donors (Lipinski definition) is 0. The fourth-order valence-electron chi connectivity index (χ4n) is 1.61. The summed E-state index contributed by atoms with van der Waals surface area (Å²) in [5.74, 6) is -0.829. The molecule has 2 aromatic carbocycles. The van der Waals surface area contributed by atoms with Gasteiger partial charge in [0.1, 0.15) is 0 Å². The third-order valence-electron chi connectivity index (χ3n) is 2.50. The third kappa shape index (κ3) is 4.16. The molecular weight excluding hydrogens is 379 g/mol. The molecule has 0 saturated heterocycles. The second-order valence-electron chi connectivity index (χ2n) is 3.95. The normalized spacial score (nSPS) is 11.4. The van der Waals surface area contributed by atoms with Crippen molar-refractivity contribution in [2.24, 2.45) is 0 Å². The van der Waals surface area contributed by atoms with E-state index in [4.69, 9.17) is 38.6 Å². The first kappa shape index (κ1) is 15.7. The van der Waals surface area contributed by atoms with E-state index in [0.29, 0.717) is 0 Å². The number of carbonyl (C=O) groups is 1. The maximum absolute atomic E-state index is 11.8. The Morgan fingerprint density at radius 1 is 0.850 bits per heavy atom. The van der Waals surface area contributed by atoms with Crippen LogP contribution in [0.5, 0.6) is 0 Å². The Morgan fingerprint density at radius 2 is 1.25 bits per heavy atom. The number of rotatable bonds is 3. The third-order valence-corrected chi connectivity index (χ3v) is 7.38. The second-order valence-corrected chi connectivity index (χ2v) is 10.5. The standard InChI is InChI=1S/C14H10Cl3GeO2/c15-14(16,17)13(19)20-18(11-7-3-1-4-8-11)12-9-5-2-6-10-12/h1-10H. The van der Waals surface area contributed by atoms with Crippen LogP contribution < -0.4 is 8.79 Å². The molecule has 0 heterocycles. The first-order valence-corrected chi connectivity index (χ1v) is 9.84. The molecule has 0 unspecified atom stereocenters. The van der Waals surface area contributed by atoms with Crippen LogP contribution in [0.1, 0.15) is 0 Å². The molecule has 2 nitrogen and oxygen atoms in total. The van der Waals surface area contributed by atoms with Crippen LogP contribution in [0.2, 0.25) is 0 Å². The summed E-state index contributed by atoms with van der Waals surface area (Å²) in [6.07, 6.45) is 0. The predicted molar refractivity (Wildman–Crippen MR) is 84.3 cm³/mol. The summed E-state index contributed by atoms with van der Waals surface area (Å²) in [6, 6.07) is 19.1. The van der Waals surface area contributed by atoms with E-state index in [-0.39, 0.29) is 0 Å². The van der Waals surface area contributed by atoms with Gasteiger partial charge >= 0.3 is 137 Å². The molecule has 0 aliphatic heterocycles. The summed E-state index contributed by atoms with van der Waals surface area (Å²) >= 11 is 14.2. The molecule has 103 valence electrons. The Hall–Kier alpha value is -0.677. The van der Waals surface area contributed by atoms with Crippen molar-refractivity contribution in [1.29, 1.82) is 0 Å². The van der Waals surface area contributed by atoms with Crippen molar-refractivity contribution in [1.82, 2.24) is 0 Å². The van der Waals surface area contributed by atoms with E-state index >= 15 is 0 Å². The summed E-state index contributed by atoms with van der Waals surface area (Å²) in [5.41, 5.74) is 0. The molecule has 1 radical (unpaired) electrons. The van der Waals surface area contributed by atoms with Crippen LogP contribution in [0.3, 0.4) is 0 Å². The quantitative estimate of drug-likeness (QED) is 0.596. The molecule has 0 bridgehead atoms. The minimum absolute atomic E-state index is 0.829. The van der Waals surface area contributed by atoms with E-state index in [2.05, 4.69) is 0 Å². The Bertz CT molecular complexity index is 530. The maximum atomic E-state index is 11.8. The predicted octanol–water partition coefficient (Wildman–Crippen LogP) is 2.71. The Balaban J connectivity index is 2.34. The van der Waals surface area contributed by atoms with Gasteiger partial charge in [0, 0.05) is 0 Å². The SMILES string of the molecule is O=C([O][Ge]([c]1ccccc1)[c]1ccccc1)C(Cl)(Cl)Cl. The average molecular weight is 389 g/mol. The van der Waals surface area contributed by atoms with E-state index in [9.17, 15) is 4.79 Å². The Morgan fingerprint density at radius 3 is 1.60 bits per heavy atom. The van der Waals surface area contributed by atoms with Crippen LogP contribution in [0.4, 0.5) is 0 Å². The zero-order valence-corrected chi connectivity index (χ0v) is 14.6. The molecule has 2 rings (SSSR count). The van der Waals surface area contributed by atoms with Crippen LogP contribution in [0, 0.1) is 0 Å². The molecule has 6 heteroatoms. The van der Waals surface area contributed by atoms with E-state index < -0.39 is 24.4 Å². The molecule has 0 atom stereocenters. The van der Waals surface area contributed by atoms with E-state index in [1.165, 1.54) is 0 Å². The van der Waals surface area contributed by atoms with Crippen molar-refractivity contribution in [3.05, 3.63) is 60.7 Å². The van der Waals surface area contributed by atoms with Crippen LogP contribution in [-0.4, -0.2) is 24.4 Å². The van der Waals surface area contributed by atoms with Gasteiger partial charge in [-0.15, -0.1) is 0 Å². The number of halogens is 3. The zero-order valence-electron chi connectivity index (χ0n) is 10.2. The minimum atomic E-state index is -2.53. The first-order valence-electron chi connectivity index (χ1n) is 5.75. The summed E-state index contributed by atoms with van der Waals surface area (Å²) in [5, 5.41) is 0. The molecule has 0 aliphatic rings. The molecule has 0 fully saturated rings. The second kappa shape index (κ2) is 6.85. The van der Waals surface area contributed by atoms with Crippen LogP contribution >= 0.6 is 34.8 Å². The number of hydrogen-bond acceptors (Lipinski definition) is 2. The van der Waals surface area contributed by atoms with Crippen molar-refractivity contribution in [3.8, 4) is 0 Å². The van der Waals surface area contributed by atoms with Gasteiger partial charge in [0.2, 0.25) is 0 Å². The molecule has 0 aromatic heterocycles. The van der Waals surface area contributed by atoms with Gasteiger partial charge in [0.15, 0.2) is 0 Å². The molecule has 0 saturated carbocycles. The van der Waals surface area contributed by atoms with Crippen LogP contribution in [-0.2, 0) is 8.56 Å². The summed E-state index contributed by atoms with van der Waals surface area (Å²) in [6.45, 7) is 0. The van der Waals surface area contributed by atoms with Crippen LogP contribution in [0.25, 0.3) is 0 Å². The zero-order chi connectivity index (χ0) is 14.6. The Labute approximate surface area is 137 Å². The van der Waals surface area contributed by atoms with Gasteiger partial charge in [-0.25, -0.2) is 0 Å². The molecule has 20 heavy (non-hydrogen) atoms. The Kier molecular flexibility index (Phi) is 5.38. The number of benzene rings is 2. The summed E-state index contributed by atoms with van der Waals surface area (Å²) < 4.78 is 5.41. The first-order chi connectivity index (χ1) is 9.48. The number of alkyl halides is 3. The molecule has 0 amide bonds. The molecule has 2 aromatic rings. The summed E-state index contributed by atoms with van der Waals surface area (Å²) in [4.78, 5) is 11.8. The van der Waals surface area contributed by atoms with Crippen molar-refractivity contribution < 1.29 is 8.56 Å². The van der Waals surface area contributed by atoms with Gasteiger partial charge in [-0.1, -0.05) is 0 Å². The van der Waals surface area contributed by atoms with Crippen LogP contribution in [0.15, 0.2) is 60.7 Å². The molecule has 0 aliphatic carbocycles. The van der Waals surface area contributed by atoms with E-state index in [1.54, 1.807) is 0 Å². The summed E-state index contributed by atoms with van der Waals surface area (Å²) in [7, 11) is 0. The van der Waals surface area contributed by atoms with Crippen molar-refractivity contribution in [2.75, 3.05) is 0 Å². The van der Waals surface area contributed by atoms with Gasteiger partial charge in [-0.2, -0.15) is 0 Å². The van der Waals surface area contributed by atoms with E-state index in [1.807, 2.05) is 60.7 Å². The monoisotopic (exact) mass is 389 g/mol. The average Bonchev–Trinajstić information content (AvgIpc) is 2.45. The molecular formula is C14H10Cl3GeO2. The number of carbonyl (C=O) groups excluding carboxylic acids is 1. The topological polar surface area (TPSA) is 26.3 Å². The fourth-order valence-corrected chi connectivity index (χ4v) is 6.12. The van der Waals surface area contributed by atoms with E-state index in [0.717, 1.165) is 8.79 Å².